The Bertz CT molecular complexity index is 1570. The number of amides is 1. The van der Waals surface area contributed by atoms with Gasteiger partial charge in [-0.05, 0) is 29.3 Å². The molecule has 0 bridgehead atoms. The fourth-order valence-electron chi connectivity index (χ4n) is 4.14. The van der Waals surface area contributed by atoms with Crippen molar-refractivity contribution in [2.45, 2.75) is 16.1 Å². The number of hydrogen-bond donors (Lipinski definition) is 1. The van der Waals surface area contributed by atoms with E-state index in [9.17, 15) is 14.7 Å². The van der Waals surface area contributed by atoms with Crippen molar-refractivity contribution in [1.29, 1.82) is 0 Å². The zero-order chi connectivity index (χ0) is 27.4. The van der Waals surface area contributed by atoms with Gasteiger partial charge in [-0.3, -0.25) is 14.5 Å². The topological polar surface area (TPSA) is 92.6 Å². The average molecular weight is 576 g/mol. The zero-order valence-electron chi connectivity index (χ0n) is 20.5. The molecule has 2 heterocycles. The van der Waals surface area contributed by atoms with Crippen LogP contribution >= 0.6 is 34.7 Å². The Kier molecular flexibility index (Phi) is 8.11. The first-order valence-corrected chi connectivity index (χ1v) is 14.1. The molecule has 1 atom stereocenters. The highest BCUT2D eigenvalue weighted by Crippen LogP contribution is 2.44. The number of hydrogen-bond acceptors (Lipinski definition) is 8. The lowest BCUT2D eigenvalue weighted by Gasteiger charge is -2.23. The third-order valence-corrected chi connectivity index (χ3v) is 8.42. The van der Waals surface area contributed by atoms with Crippen molar-refractivity contribution < 1.29 is 19.4 Å². The number of ketones is 1. The van der Waals surface area contributed by atoms with Crippen molar-refractivity contribution in [3.8, 4) is 5.75 Å². The number of anilines is 1. The van der Waals surface area contributed by atoms with Crippen molar-refractivity contribution in [1.82, 2.24) is 10.2 Å². The minimum Gasteiger partial charge on any atom is -0.507 e. The van der Waals surface area contributed by atoms with Crippen molar-refractivity contribution >= 4 is 57.3 Å². The van der Waals surface area contributed by atoms with Gasteiger partial charge in [0.25, 0.3) is 5.78 Å². The van der Waals surface area contributed by atoms with E-state index in [1.165, 1.54) is 28.0 Å². The van der Waals surface area contributed by atoms with Gasteiger partial charge in [0.1, 0.15) is 18.1 Å². The molecule has 7 nitrogen and oxygen atoms in total. The zero-order valence-corrected chi connectivity index (χ0v) is 22.9. The molecule has 0 spiro atoms. The molecule has 0 saturated carbocycles. The Balaban J connectivity index is 1.55. The van der Waals surface area contributed by atoms with Gasteiger partial charge in [-0.15, -0.1) is 10.2 Å². The van der Waals surface area contributed by atoms with Crippen molar-refractivity contribution in [3.63, 3.8) is 0 Å². The number of halogens is 1. The first kappa shape index (κ1) is 26.7. The highest BCUT2D eigenvalue weighted by molar-refractivity contribution is 8.00. The van der Waals surface area contributed by atoms with Crippen molar-refractivity contribution in [2.24, 2.45) is 0 Å². The molecular formula is C29H22ClN3O4S2. The van der Waals surface area contributed by atoms with Gasteiger partial charge in [0.05, 0.1) is 11.6 Å². The van der Waals surface area contributed by atoms with Gasteiger partial charge in [-0.2, -0.15) is 0 Å². The van der Waals surface area contributed by atoms with Crippen LogP contribution in [-0.2, 0) is 15.3 Å². The van der Waals surface area contributed by atoms with Crippen LogP contribution in [0.25, 0.3) is 5.76 Å². The molecule has 39 heavy (non-hydrogen) atoms. The predicted molar refractivity (Wildman–Crippen MR) is 154 cm³/mol. The number of aliphatic hydroxyl groups is 1. The Morgan fingerprint density at radius 1 is 1.08 bits per heavy atom. The minimum absolute atomic E-state index is 0.0347. The van der Waals surface area contributed by atoms with Crippen LogP contribution < -0.4 is 9.64 Å². The number of aliphatic hydroxyl groups excluding tert-OH is 1. The van der Waals surface area contributed by atoms with Crippen LogP contribution in [0.3, 0.4) is 0 Å². The summed E-state index contributed by atoms with van der Waals surface area (Å²) < 4.78 is 6.30. The molecule has 0 aliphatic carbocycles. The van der Waals surface area contributed by atoms with E-state index in [1.54, 1.807) is 60.7 Å². The largest absolute Gasteiger partial charge is 0.507 e. The number of nitrogens with zero attached hydrogens (tertiary/aromatic N) is 3. The Morgan fingerprint density at radius 3 is 2.62 bits per heavy atom. The fourth-order valence-corrected chi connectivity index (χ4v) is 6.29. The summed E-state index contributed by atoms with van der Waals surface area (Å²) in [4.78, 5) is 28.1. The van der Waals surface area contributed by atoms with Crippen LogP contribution in [0.5, 0.6) is 5.75 Å². The molecule has 1 amide bonds. The Labute approximate surface area is 238 Å². The third kappa shape index (κ3) is 5.61. The smallest absolute Gasteiger partial charge is 0.301 e. The molecule has 1 N–H and O–H groups in total. The van der Waals surface area contributed by atoms with E-state index >= 15 is 0 Å². The highest BCUT2D eigenvalue weighted by atomic mass is 35.5. The second-order valence-corrected chi connectivity index (χ2v) is 11.0. The summed E-state index contributed by atoms with van der Waals surface area (Å²) >= 11 is 8.90. The van der Waals surface area contributed by atoms with Gasteiger partial charge in [0, 0.05) is 16.3 Å². The minimum atomic E-state index is -0.938. The fraction of sp³-hybridized carbons (Fsp3) is 0.103. The Hall–Kier alpha value is -3.92. The molecule has 4 aromatic rings. The maximum absolute atomic E-state index is 13.4. The van der Waals surface area contributed by atoms with E-state index in [-0.39, 0.29) is 23.1 Å². The third-order valence-electron chi connectivity index (χ3n) is 5.94. The molecule has 0 radical (unpaired) electrons. The van der Waals surface area contributed by atoms with Crippen LogP contribution in [0.2, 0.25) is 5.02 Å². The summed E-state index contributed by atoms with van der Waals surface area (Å²) in [6, 6.07) is 22.3. The van der Waals surface area contributed by atoms with Gasteiger partial charge in [-0.25, -0.2) is 0 Å². The van der Waals surface area contributed by atoms with E-state index < -0.39 is 17.7 Å². The number of Topliss-reactive ketones (excluding diaryl/α,β-unsaturated/α-hetero) is 1. The molecule has 3 aromatic carbocycles. The van der Waals surface area contributed by atoms with E-state index in [4.69, 9.17) is 16.3 Å². The van der Waals surface area contributed by atoms with Crippen LogP contribution in [0.1, 0.15) is 22.7 Å². The molecule has 1 saturated heterocycles. The maximum Gasteiger partial charge on any atom is 0.301 e. The molecule has 196 valence electrons. The first-order chi connectivity index (χ1) is 19.0. The lowest BCUT2D eigenvalue weighted by Crippen LogP contribution is -2.29. The summed E-state index contributed by atoms with van der Waals surface area (Å²) in [6.45, 7) is 3.96. The summed E-state index contributed by atoms with van der Waals surface area (Å²) in [6.07, 6.45) is 1.62. The van der Waals surface area contributed by atoms with Crippen molar-refractivity contribution in [2.75, 3.05) is 11.5 Å². The summed E-state index contributed by atoms with van der Waals surface area (Å²) in [5.74, 6) is -0.775. The quantitative estimate of drug-likeness (QED) is 0.0594. The molecule has 5 rings (SSSR count). The summed E-state index contributed by atoms with van der Waals surface area (Å²) in [5.41, 5.74) is 1.91. The van der Waals surface area contributed by atoms with Gasteiger partial charge in [0.15, 0.2) is 4.34 Å². The van der Waals surface area contributed by atoms with Gasteiger partial charge < -0.3 is 9.84 Å². The molecule has 1 fully saturated rings. The van der Waals surface area contributed by atoms with Crippen LogP contribution in [-0.4, -0.2) is 33.6 Å². The van der Waals surface area contributed by atoms with Crippen molar-refractivity contribution in [3.05, 3.63) is 119 Å². The standard InChI is InChI=1S/C29H22ClN3O4S2/c1-2-15-37-21-13-8-12-19(16-21)24-23(25(34)18-9-4-3-5-10-18)26(35)27(36)33(24)28-31-32-29(39-28)38-17-20-11-6-7-14-22(20)30/h2-14,16,24,34H,1,15,17H2/b25-23+. The molecule has 1 aromatic heterocycles. The Morgan fingerprint density at radius 2 is 1.85 bits per heavy atom. The van der Waals surface area contributed by atoms with Gasteiger partial charge in [0.2, 0.25) is 5.13 Å². The lowest BCUT2D eigenvalue weighted by atomic mass is 9.95. The average Bonchev–Trinajstić information content (AvgIpc) is 3.53. The molecule has 1 aliphatic rings. The molecular weight excluding hydrogens is 554 g/mol. The second kappa shape index (κ2) is 11.9. The monoisotopic (exact) mass is 575 g/mol. The number of carbonyl (C=O) groups excluding carboxylic acids is 2. The summed E-state index contributed by atoms with van der Waals surface area (Å²) in [7, 11) is 0. The van der Waals surface area contributed by atoms with Crippen LogP contribution in [0, 0.1) is 0 Å². The predicted octanol–water partition coefficient (Wildman–Crippen LogP) is 6.67. The normalized spacial score (nSPS) is 16.4. The maximum atomic E-state index is 13.4. The van der Waals surface area contributed by atoms with Crippen LogP contribution in [0.15, 0.2) is 101 Å². The van der Waals surface area contributed by atoms with E-state index in [0.29, 0.717) is 32.0 Å². The number of benzene rings is 3. The number of rotatable bonds is 9. The molecule has 1 unspecified atom stereocenters. The number of aromatic nitrogens is 2. The first-order valence-electron chi connectivity index (χ1n) is 11.9. The summed E-state index contributed by atoms with van der Waals surface area (Å²) in [5, 5.41) is 20.6. The second-order valence-electron chi connectivity index (χ2n) is 8.44. The van der Waals surface area contributed by atoms with E-state index in [0.717, 1.165) is 5.56 Å². The SMILES string of the molecule is C=CCOc1cccc(C2/C(=C(\O)c3ccccc3)C(=O)C(=O)N2c2nnc(SCc3ccccc3Cl)s2)c1. The van der Waals surface area contributed by atoms with Gasteiger partial charge >= 0.3 is 5.91 Å². The number of carbonyl (C=O) groups is 2. The lowest BCUT2D eigenvalue weighted by molar-refractivity contribution is -0.132. The van der Waals surface area contributed by atoms with Crippen LogP contribution in [0.4, 0.5) is 5.13 Å². The molecule has 10 heteroatoms. The van der Waals surface area contributed by atoms with Gasteiger partial charge in [-0.1, -0.05) is 108 Å². The number of thioether (sulfide) groups is 1. The highest BCUT2D eigenvalue weighted by Gasteiger charge is 2.48. The number of ether oxygens (including phenoxy) is 1. The molecule has 1 aliphatic heterocycles. The van der Waals surface area contributed by atoms with E-state index in [1.807, 2.05) is 24.3 Å². The van der Waals surface area contributed by atoms with E-state index in [2.05, 4.69) is 16.8 Å².